The molecule has 1 aromatic rings. The number of rotatable bonds is 8. The van der Waals surface area contributed by atoms with E-state index in [1.54, 1.807) is 13.3 Å². The van der Waals surface area contributed by atoms with Gasteiger partial charge in [-0.1, -0.05) is 27.7 Å². The molecular formula is C18H28N2O3. The monoisotopic (exact) mass is 320 g/mol. The van der Waals surface area contributed by atoms with Crippen molar-refractivity contribution in [1.29, 1.82) is 0 Å². The van der Waals surface area contributed by atoms with Crippen LogP contribution in [0.25, 0.3) is 0 Å². The molecule has 1 amide bonds. The first-order valence-electron chi connectivity index (χ1n) is 7.96. The van der Waals surface area contributed by atoms with E-state index in [1.807, 2.05) is 52.0 Å². The Bertz CT molecular complexity index is 512. The number of aliphatic hydroxyl groups is 1. The molecule has 0 spiro atoms. The third-order valence-corrected chi connectivity index (χ3v) is 3.41. The van der Waals surface area contributed by atoms with Gasteiger partial charge in [-0.3, -0.25) is 4.79 Å². The highest BCUT2D eigenvalue weighted by Gasteiger charge is 2.37. The number of hydrogen-bond donors (Lipinski definition) is 2. The molecule has 0 heterocycles. The molecule has 1 aromatic carbocycles. The molecule has 0 radical (unpaired) electrons. The second-order valence-electron chi connectivity index (χ2n) is 6.70. The quantitative estimate of drug-likeness (QED) is 0.571. The Hall–Kier alpha value is -1.88. The molecule has 0 unspecified atom stereocenters. The van der Waals surface area contributed by atoms with E-state index in [-0.39, 0.29) is 11.8 Å². The first-order chi connectivity index (χ1) is 10.8. The van der Waals surface area contributed by atoms with Crippen LogP contribution in [0.3, 0.4) is 0 Å². The lowest BCUT2D eigenvalue weighted by atomic mass is 9.84. The number of amides is 1. The average Bonchev–Trinajstić information content (AvgIpc) is 2.46. The Labute approximate surface area is 138 Å². The van der Waals surface area contributed by atoms with Crippen LogP contribution in [0.5, 0.6) is 5.75 Å². The lowest BCUT2D eigenvalue weighted by Gasteiger charge is -2.29. The van der Waals surface area contributed by atoms with E-state index in [0.29, 0.717) is 12.8 Å². The minimum atomic E-state index is -1.39. The van der Waals surface area contributed by atoms with Gasteiger partial charge < -0.3 is 9.84 Å². The van der Waals surface area contributed by atoms with Crippen LogP contribution in [0.1, 0.15) is 46.1 Å². The molecule has 0 atom stereocenters. The fourth-order valence-electron chi connectivity index (χ4n) is 2.58. The highest BCUT2D eigenvalue weighted by Crippen LogP contribution is 2.25. The van der Waals surface area contributed by atoms with E-state index in [4.69, 9.17) is 4.74 Å². The predicted molar refractivity (Wildman–Crippen MR) is 92.6 cm³/mol. The Morgan fingerprint density at radius 1 is 1.22 bits per heavy atom. The molecule has 1 rings (SSSR count). The average molecular weight is 320 g/mol. The molecule has 2 N–H and O–H groups in total. The van der Waals surface area contributed by atoms with E-state index in [0.717, 1.165) is 11.3 Å². The predicted octanol–water partition coefficient (Wildman–Crippen LogP) is 2.97. The molecule has 0 aliphatic heterocycles. The summed E-state index contributed by atoms with van der Waals surface area (Å²) in [4.78, 5) is 12.3. The van der Waals surface area contributed by atoms with Crippen molar-refractivity contribution in [3.05, 3.63) is 29.8 Å². The number of ether oxygens (including phenoxy) is 1. The van der Waals surface area contributed by atoms with Crippen LogP contribution in [0, 0.1) is 11.8 Å². The van der Waals surface area contributed by atoms with Crippen molar-refractivity contribution in [2.75, 3.05) is 7.11 Å². The van der Waals surface area contributed by atoms with Crippen LogP contribution < -0.4 is 10.2 Å². The normalized spacial score (nSPS) is 12.2. The Balaban J connectivity index is 2.71. The second kappa shape index (κ2) is 8.67. The molecule has 128 valence electrons. The summed E-state index contributed by atoms with van der Waals surface area (Å²) in [6.45, 7) is 7.94. The highest BCUT2D eigenvalue weighted by atomic mass is 16.5. The fourth-order valence-corrected chi connectivity index (χ4v) is 2.58. The van der Waals surface area contributed by atoms with Crippen LogP contribution in [0.2, 0.25) is 0 Å². The van der Waals surface area contributed by atoms with E-state index in [1.165, 1.54) is 0 Å². The van der Waals surface area contributed by atoms with Gasteiger partial charge in [0.15, 0.2) is 0 Å². The summed E-state index contributed by atoms with van der Waals surface area (Å²) >= 11 is 0. The van der Waals surface area contributed by atoms with Crippen molar-refractivity contribution in [2.45, 2.75) is 46.1 Å². The molecule has 0 fully saturated rings. The van der Waals surface area contributed by atoms with Gasteiger partial charge in [-0.05, 0) is 54.5 Å². The molecular weight excluding hydrogens is 292 g/mol. The number of benzene rings is 1. The zero-order valence-electron chi connectivity index (χ0n) is 14.7. The molecule has 0 saturated carbocycles. The minimum Gasteiger partial charge on any atom is -0.497 e. The third-order valence-electron chi connectivity index (χ3n) is 3.41. The first kappa shape index (κ1) is 19.2. The number of nitrogens with one attached hydrogen (secondary N) is 1. The number of hydrazone groups is 1. The van der Waals surface area contributed by atoms with Crippen molar-refractivity contribution in [2.24, 2.45) is 16.9 Å². The number of carbonyl (C=O) groups excluding carboxylic acids is 1. The first-order valence-corrected chi connectivity index (χ1v) is 7.96. The summed E-state index contributed by atoms with van der Waals surface area (Å²) in [5.41, 5.74) is 1.91. The van der Waals surface area contributed by atoms with Gasteiger partial charge in [-0.25, -0.2) is 5.43 Å². The zero-order chi connectivity index (χ0) is 17.5. The van der Waals surface area contributed by atoms with Crippen LogP contribution in [-0.4, -0.2) is 29.9 Å². The SMILES string of the molecule is COc1ccc(/C=N/NC(=O)C(O)(CC(C)C)CC(C)C)cc1. The summed E-state index contributed by atoms with van der Waals surface area (Å²) in [6.07, 6.45) is 2.37. The van der Waals surface area contributed by atoms with Crippen molar-refractivity contribution in [3.63, 3.8) is 0 Å². The lowest BCUT2D eigenvalue weighted by molar-refractivity contribution is -0.143. The number of methoxy groups -OCH3 is 1. The van der Waals surface area contributed by atoms with Crippen LogP contribution in [0.15, 0.2) is 29.4 Å². The summed E-state index contributed by atoms with van der Waals surface area (Å²) in [6, 6.07) is 7.31. The Morgan fingerprint density at radius 2 is 1.74 bits per heavy atom. The standard InChI is InChI=1S/C18H28N2O3/c1-13(2)10-18(22,11-14(3)4)17(21)20-19-12-15-6-8-16(23-5)9-7-15/h6-9,12-14,22H,10-11H2,1-5H3,(H,20,21)/b19-12+. The molecule has 5 nitrogen and oxygen atoms in total. The largest absolute Gasteiger partial charge is 0.497 e. The molecule has 0 bridgehead atoms. The lowest BCUT2D eigenvalue weighted by Crippen LogP contribution is -2.47. The number of carbonyl (C=O) groups is 1. The number of hydrogen-bond acceptors (Lipinski definition) is 4. The van der Waals surface area contributed by atoms with Crippen molar-refractivity contribution >= 4 is 12.1 Å². The summed E-state index contributed by atoms with van der Waals surface area (Å²) in [5, 5.41) is 14.6. The molecule has 23 heavy (non-hydrogen) atoms. The maximum absolute atomic E-state index is 12.3. The van der Waals surface area contributed by atoms with Crippen molar-refractivity contribution < 1.29 is 14.6 Å². The summed E-state index contributed by atoms with van der Waals surface area (Å²) < 4.78 is 5.08. The van der Waals surface area contributed by atoms with E-state index in [2.05, 4.69) is 10.5 Å². The fraction of sp³-hybridized carbons (Fsp3) is 0.556. The minimum absolute atomic E-state index is 0.218. The maximum Gasteiger partial charge on any atom is 0.272 e. The van der Waals surface area contributed by atoms with E-state index >= 15 is 0 Å². The Morgan fingerprint density at radius 3 is 2.17 bits per heavy atom. The van der Waals surface area contributed by atoms with Gasteiger partial charge in [0.1, 0.15) is 11.4 Å². The summed E-state index contributed by atoms with van der Waals surface area (Å²) in [5.74, 6) is 0.740. The summed E-state index contributed by atoms with van der Waals surface area (Å²) in [7, 11) is 1.60. The maximum atomic E-state index is 12.3. The molecule has 0 aliphatic carbocycles. The molecule has 0 aliphatic rings. The van der Waals surface area contributed by atoms with Gasteiger partial charge in [0.05, 0.1) is 13.3 Å². The van der Waals surface area contributed by atoms with Crippen LogP contribution >= 0.6 is 0 Å². The van der Waals surface area contributed by atoms with Crippen molar-refractivity contribution in [1.82, 2.24) is 5.43 Å². The van der Waals surface area contributed by atoms with Crippen LogP contribution in [0.4, 0.5) is 0 Å². The smallest absolute Gasteiger partial charge is 0.272 e. The van der Waals surface area contributed by atoms with Gasteiger partial charge in [0, 0.05) is 0 Å². The van der Waals surface area contributed by atoms with Crippen molar-refractivity contribution in [3.8, 4) is 5.75 Å². The van der Waals surface area contributed by atoms with Crippen LogP contribution in [-0.2, 0) is 4.79 Å². The number of nitrogens with zero attached hydrogens (tertiary/aromatic N) is 1. The molecule has 0 saturated heterocycles. The van der Waals surface area contributed by atoms with Gasteiger partial charge in [0.25, 0.3) is 5.91 Å². The van der Waals surface area contributed by atoms with Gasteiger partial charge in [-0.15, -0.1) is 0 Å². The Kier molecular flexibility index (Phi) is 7.23. The third kappa shape index (κ3) is 6.40. The van der Waals surface area contributed by atoms with E-state index < -0.39 is 11.5 Å². The van der Waals surface area contributed by atoms with Gasteiger partial charge in [-0.2, -0.15) is 5.10 Å². The van der Waals surface area contributed by atoms with Gasteiger partial charge in [0.2, 0.25) is 0 Å². The van der Waals surface area contributed by atoms with E-state index in [9.17, 15) is 9.90 Å². The zero-order valence-corrected chi connectivity index (χ0v) is 14.7. The molecule has 5 heteroatoms. The highest BCUT2D eigenvalue weighted by molar-refractivity contribution is 5.87. The second-order valence-corrected chi connectivity index (χ2v) is 6.70. The van der Waals surface area contributed by atoms with Gasteiger partial charge >= 0.3 is 0 Å². The topological polar surface area (TPSA) is 70.9 Å². The molecule has 0 aromatic heterocycles.